The summed E-state index contributed by atoms with van der Waals surface area (Å²) >= 11 is 0. The van der Waals surface area contributed by atoms with Crippen molar-refractivity contribution in [3.8, 4) is 0 Å². The van der Waals surface area contributed by atoms with Crippen molar-refractivity contribution in [3.05, 3.63) is 29.8 Å². The fourth-order valence-electron chi connectivity index (χ4n) is 2.53. The number of nitrogens with one attached hydrogen (secondary N) is 2. The van der Waals surface area contributed by atoms with E-state index in [1.165, 1.54) is 0 Å². The van der Waals surface area contributed by atoms with Gasteiger partial charge in [0.15, 0.2) is 0 Å². The minimum Gasteiger partial charge on any atom is -0.369 e. The van der Waals surface area contributed by atoms with Crippen molar-refractivity contribution in [2.75, 3.05) is 11.9 Å². The van der Waals surface area contributed by atoms with E-state index in [9.17, 15) is 9.59 Å². The summed E-state index contributed by atoms with van der Waals surface area (Å²) in [5, 5.41) is 6.16. The van der Waals surface area contributed by atoms with Gasteiger partial charge in [0.25, 0.3) is 0 Å². The fourth-order valence-corrected chi connectivity index (χ4v) is 2.53. The van der Waals surface area contributed by atoms with Gasteiger partial charge >= 0.3 is 0 Å². The van der Waals surface area contributed by atoms with Gasteiger partial charge in [0.1, 0.15) is 0 Å². The average Bonchev–Trinajstić information content (AvgIpc) is 2.41. The van der Waals surface area contributed by atoms with Crippen LogP contribution in [0.5, 0.6) is 0 Å². The maximum Gasteiger partial charge on any atom is 0.241 e. The topological polar surface area (TPSA) is 84.2 Å². The minimum absolute atomic E-state index is 0.000138. The van der Waals surface area contributed by atoms with Crippen molar-refractivity contribution >= 4 is 17.5 Å². The Balaban J connectivity index is 1.95. The van der Waals surface area contributed by atoms with E-state index >= 15 is 0 Å². The molecule has 108 valence electrons. The smallest absolute Gasteiger partial charge is 0.241 e. The first-order chi connectivity index (χ1) is 9.56. The molecule has 0 saturated carbocycles. The lowest BCUT2D eigenvalue weighted by Crippen LogP contribution is -2.48. The molecule has 2 atom stereocenters. The SMILES string of the molecule is CC1CCCNC1C(=O)Nc1ccc(CC(N)=O)cc1. The second-order valence-electron chi connectivity index (χ2n) is 5.38. The number of nitrogens with two attached hydrogens (primary N) is 1. The minimum atomic E-state index is -0.359. The zero-order valence-electron chi connectivity index (χ0n) is 11.7. The van der Waals surface area contributed by atoms with Gasteiger partial charge < -0.3 is 16.4 Å². The molecule has 0 bridgehead atoms. The number of hydrogen-bond donors (Lipinski definition) is 3. The van der Waals surface area contributed by atoms with Crippen LogP contribution in [-0.4, -0.2) is 24.4 Å². The maximum atomic E-state index is 12.2. The van der Waals surface area contributed by atoms with Crippen LogP contribution in [0.3, 0.4) is 0 Å². The van der Waals surface area contributed by atoms with Crippen molar-refractivity contribution in [2.45, 2.75) is 32.2 Å². The monoisotopic (exact) mass is 275 g/mol. The van der Waals surface area contributed by atoms with E-state index in [1.54, 1.807) is 24.3 Å². The van der Waals surface area contributed by atoms with Crippen LogP contribution in [0.2, 0.25) is 0 Å². The second kappa shape index (κ2) is 6.52. The molecule has 1 saturated heterocycles. The van der Waals surface area contributed by atoms with Crippen LogP contribution in [0.1, 0.15) is 25.3 Å². The first kappa shape index (κ1) is 14.5. The first-order valence-electron chi connectivity index (χ1n) is 6.98. The third-order valence-electron chi connectivity index (χ3n) is 3.65. The van der Waals surface area contributed by atoms with Crippen molar-refractivity contribution in [2.24, 2.45) is 11.7 Å². The Morgan fingerprint density at radius 2 is 2.05 bits per heavy atom. The molecule has 0 aliphatic carbocycles. The summed E-state index contributed by atoms with van der Waals surface area (Å²) in [6.45, 7) is 2.98. The van der Waals surface area contributed by atoms with Crippen molar-refractivity contribution < 1.29 is 9.59 Å². The van der Waals surface area contributed by atoms with E-state index in [0.717, 1.165) is 30.6 Å². The third kappa shape index (κ3) is 3.81. The quantitative estimate of drug-likeness (QED) is 0.767. The van der Waals surface area contributed by atoms with Gasteiger partial charge in [0.05, 0.1) is 12.5 Å². The highest BCUT2D eigenvalue weighted by atomic mass is 16.2. The number of amides is 2. The van der Waals surface area contributed by atoms with Crippen LogP contribution in [0.4, 0.5) is 5.69 Å². The Morgan fingerprint density at radius 1 is 1.35 bits per heavy atom. The number of benzene rings is 1. The summed E-state index contributed by atoms with van der Waals surface area (Å²) in [6, 6.07) is 7.07. The Morgan fingerprint density at radius 3 is 2.65 bits per heavy atom. The molecule has 1 aliphatic heterocycles. The summed E-state index contributed by atoms with van der Waals surface area (Å²) in [5.74, 6) is -0.0141. The molecule has 4 N–H and O–H groups in total. The largest absolute Gasteiger partial charge is 0.369 e. The van der Waals surface area contributed by atoms with E-state index in [1.807, 2.05) is 0 Å². The number of anilines is 1. The third-order valence-corrected chi connectivity index (χ3v) is 3.65. The molecule has 5 nitrogen and oxygen atoms in total. The zero-order valence-corrected chi connectivity index (χ0v) is 11.7. The lowest BCUT2D eigenvalue weighted by molar-refractivity contribution is -0.120. The van der Waals surface area contributed by atoms with Gasteiger partial charge in [-0.25, -0.2) is 0 Å². The zero-order chi connectivity index (χ0) is 14.5. The number of piperidine rings is 1. The van der Waals surface area contributed by atoms with Crippen molar-refractivity contribution in [3.63, 3.8) is 0 Å². The summed E-state index contributed by atoms with van der Waals surface area (Å²) in [5.41, 5.74) is 6.72. The molecular weight excluding hydrogens is 254 g/mol. The fraction of sp³-hybridized carbons (Fsp3) is 0.467. The van der Waals surface area contributed by atoms with Gasteiger partial charge in [0.2, 0.25) is 11.8 Å². The lowest BCUT2D eigenvalue weighted by Gasteiger charge is -2.28. The van der Waals surface area contributed by atoms with Gasteiger partial charge in [-0.3, -0.25) is 9.59 Å². The van der Waals surface area contributed by atoms with Gasteiger partial charge in [0, 0.05) is 5.69 Å². The Labute approximate surface area is 118 Å². The van der Waals surface area contributed by atoms with Crippen LogP contribution in [0.25, 0.3) is 0 Å². The predicted molar refractivity (Wildman–Crippen MR) is 78.2 cm³/mol. The summed E-state index contributed by atoms with van der Waals surface area (Å²) in [4.78, 5) is 23.0. The highest BCUT2D eigenvalue weighted by molar-refractivity contribution is 5.95. The summed E-state index contributed by atoms with van der Waals surface area (Å²) < 4.78 is 0. The number of primary amides is 1. The van der Waals surface area contributed by atoms with Gasteiger partial charge in [-0.2, -0.15) is 0 Å². The lowest BCUT2D eigenvalue weighted by atomic mass is 9.92. The molecule has 1 aliphatic rings. The van der Waals surface area contributed by atoms with Crippen LogP contribution in [0, 0.1) is 5.92 Å². The molecular formula is C15H21N3O2. The van der Waals surface area contributed by atoms with Gasteiger partial charge in [-0.15, -0.1) is 0 Å². The normalized spacial score (nSPS) is 22.2. The summed E-state index contributed by atoms with van der Waals surface area (Å²) in [6.07, 6.45) is 2.41. The number of hydrogen-bond acceptors (Lipinski definition) is 3. The van der Waals surface area contributed by atoms with Gasteiger partial charge in [-0.05, 0) is 43.0 Å². The maximum absolute atomic E-state index is 12.2. The molecule has 2 unspecified atom stereocenters. The molecule has 0 aromatic heterocycles. The van der Waals surface area contributed by atoms with Crippen LogP contribution < -0.4 is 16.4 Å². The molecule has 1 heterocycles. The predicted octanol–water partition coefficient (Wildman–Crippen LogP) is 1.04. The molecule has 2 rings (SSSR count). The molecule has 5 heteroatoms. The van der Waals surface area contributed by atoms with Crippen LogP contribution in [-0.2, 0) is 16.0 Å². The highest BCUT2D eigenvalue weighted by Crippen LogP contribution is 2.18. The molecule has 2 amide bonds. The number of rotatable bonds is 4. The van der Waals surface area contributed by atoms with Crippen LogP contribution in [0.15, 0.2) is 24.3 Å². The van der Waals surface area contributed by atoms with E-state index in [-0.39, 0.29) is 24.3 Å². The van der Waals surface area contributed by atoms with E-state index in [4.69, 9.17) is 5.73 Å². The molecule has 0 spiro atoms. The Hall–Kier alpha value is -1.88. The Kier molecular flexibility index (Phi) is 4.74. The molecule has 1 aromatic rings. The summed E-state index contributed by atoms with van der Waals surface area (Å²) in [7, 11) is 0. The molecule has 20 heavy (non-hydrogen) atoms. The van der Waals surface area contributed by atoms with Crippen molar-refractivity contribution in [1.82, 2.24) is 5.32 Å². The van der Waals surface area contributed by atoms with E-state index in [2.05, 4.69) is 17.6 Å². The highest BCUT2D eigenvalue weighted by Gasteiger charge is 2.27. The average molecular weight is 275 g/mol. The van der Waals surface area contributed by atoms with Crippen molar-refractivity contribution in [1.29, 1.82) is 0 Å². The molecule has 1 aromatic carbocycles. The van der Waals surface area contributed by atoms with Crippen LogP contribution >= 0.6 is 0 Å². The molecule has 0 radical (unpaired) electrons. The standard InChI is InChI=1S/C15H21N3O2/c1-10-3-2-8-17-14(10)15(20)18-12-6-4-11(5-7-12)9-13(16)19/h4-7,10,14,17H,2-3,8-9H2,1H3,(H2,16,19)(H,18,20). The first-order valence-corrected chi connectivity index (χ1v) is 6.98. The van der Waals surface area contributed by atoms with E-state index < -0.39 is 0 Å². The Bertz CT molecular complexity index is 484. The number of carbonyl (C=O) groups is 2. The number of carbonyl (C=O) groups excluding carboxylic acids is 2. The van der Waals surface area contributed by atoms with Gasteiger partial charge in [-0.1, -0.05) is 19.1 Å². The molecule has 1 fully saturated rings. The van der Waals surface area contributed by atoms with E-state index in [0.29, 0.717) is 5.92 Å². The second-order valence-corrected chi connectivity index (χ2v) is 5.38.